The van der Waals surface area contributed by atoms with Crippen LogP contribution >= 0.6 is 11.6 Å². The van der Waals surface area contributed by atoms with Gasteiger partial charge < -0.3 is 16.0 Å². The molecule has 1 atom stereocenters. The second-order valence-electron chi connectivity index (χ2n) is 4.24. The van der Waals surface area contributed by atoms with Gasteiger partial charge in [0.25, 0.3) is 0 Å². The Hall–Kier alpha value is -1.00. The first kappa shape index (κ1) is 13.1. The molecule has 0 fully saturated rings. The third-order valence-corrected chi connectivity index (χ3v) is 2.54. The number of pyridine rings is 1. The average molecular weight is 243 g/mol. The van der Waals surface area contributed by atoms with Crippen LogP contribution < -0.4 is 11.1 Å². The third-order valence-electron chi connectivity index (χ3n) is 2.25. The first-order chi connectivity index (χ1) is 7.49. The molecular formula is C11H19ClN4. The van der Waals surface area contributed by atoms with Gasteiger partial charge in [0.2, 0.25) is 0 Å². The number of aromatic nitrogens is 1. The van der Waals surface area contributed by atoms with E-state index in [9.17, 15) is 0 Å². The topological polar surface area (TPSA) is 54.2 Å². The molecule has 3 N–H and O–H groups in total. The minimum Gasteiger partial charge on any atom is -0.397 e. The highest BCUT2D eigenvalue weighted by Gasteiger charge is 2.07. The molecule has 0 aliphatic heterocycles. The lowest BCUT2D eigenvalue weighted by molar-refractivity contribution is 0.390. The van der Waals surface area contributed by atoms with E-state index >= 15 is 0 Å². The Balaban J connectivity index is 2.52. The van der Waals surface area contributed by atoms with Crippen molar-refractivity contribution < 1.29 is 0 Å². The molecule has 90 valence electrons. The monoisotopic (exact) mass is 242 g/mol. The van der Waals surface area contributed by atoms with E-state index in [4.69, 9.17) is 17.3 Å². The highest BCUT2D eigenvalue weighted by Crippen LogP contribution is 2.21. The largest absolute Gasteiger partial charge is 0.397 e. The summed E-state index contributed by atoms with van der Waals surface area (Å²) in [5.74, 6) is 0.696. The van der Waals surface area contributed by atoms with Crippen LogP contribution in [0.25, 0.3) is 0 Å². The summed E-state index contributed by atoms with van der Waals surface area (Å²) in [6.45, 7) is 3.14. The molecule has 0 saturated heterocycles. The molecule has 16 heavy (non-hydrogen) atoms. The summed E-state index contributed by atoms with van der Waals surface area (Å²) < 4.78 is 0. The molecule has 1 aromatic heterocycles. The lowest BCUT2D eigenvalue weighted by atomic mass is 10.2. The van der Waals surface area contributed by atoms with Gasteiger partial charge in [-0.2, -0.15) is 0 Å². The van der Waals surface area contributed by atoms with Gasteiger partial charge in [-0.15, -0.1) is 0 Å². The number of halogens is 1. The van der Waals surface area contributed by atoms with Crippen LogP contribution in [0.1, 0.15) is 13.3 Å². The van der Waals surface area contributed by atoms with E-state index in [0.717, 1.165) is 13.0 Å². The van der Waals surface area contributed by atoms with Crippen molar-refractivity contribution in [1.29, 1.82) is 0 Å². The molecule has 1 rings (SSSR count). The van der Waals surface area contributed by atoms with Crippen molar-refractivity contribution in [1.82, 2.24) is 9.88 Å². The molecule has 0 saturated carbocycles. The number of nitrogens with one attached hydrogen (secondary N) is 1. The van der Waals surface area contributed by atoms with E-state index in [1.54, 1.807) is 12.3 Å². The van der Waals surface area contributed by atoms with Gasteiger partial charge in [-0.1, -0.05) is 11.6 Å². The van der Waals surface area contributed by atoms with Gasteiger partial charge >= 0.3 is 0 Å². The van der Waals surface area contributed by atoms with E-state index < -0.39 is 0 Å². The molecule has 1 aromatic rings. The molecule has 0 aliphatic rings. The second-order valence-corrected chi connectivity index (χ2v) is 4.64. The van der Waals surface area contributed by atoms with Crippen LogP contribution in [-0.4, -0.2) is 36.6 Å². The highest BCUT2D eigenvalue weighted by molar-refractivity contribution is 6.33. The van der Waals surface area contributed by atoms with Gasteiger partial charge in [0, 0.05) is 6.04 Å². The fourth-order valence-electron chi connectivity index (χ4n) is 1.32. The van der Waals surface area contributed by atoms with Crippen molar-refractivity contribution in [3.05, 3.63) is 17.3 Å². The smallest absolute Gasteiger partial charge is 0.145 e. The zero-order chi connectivity index (χ0) is 12.1. The standard InChI is InChI=1S/C11H19ClN4/c1-8(4-5-16(2)3)15-11-10(12)6-9(13)7-14-11/h6-8H,4-5,13H2,1-3H3,(H,14,15). The van der Waals surface area contributed by atoms with Gasteiger partial charge in [-0.25, -0.2) is 4.98 Å². The number of nitrogens with zero attached hydrogens (tertiary/aromatic N) is 2. The molecule has 1 heterocycles. The van der Waals surface area contributed by atoms with Gasteiger partial charge in [-0.05, 0) is 40.1 Å². The van der Waals surface area contributed by atoms with Crippen molar-refractivity contribution >= 4 is 23.1 Å². The Morgan fingerprint density at radius 1 is 1.56 bits per heavy atom. The predicted octanol–water partition coefficient (Wildman–Crippen LogP) is 2.07. The molecule has 1 unspecified atom stereocenters. The van der Waals surface area contributed by atoms with Gasteiger partial charge in [0.15, 0.2) is 0 Å². The number of rotatable bonds is 5. The number of hydrogen-bond acceptors (Lipinski definition) is 4. The fraction of sp³-hybridized carbons (Fsp3) is 0.545. The Labute approximate surface area is 102 Å². The first-order valence-corrected chi connectivity index (χ1v) is 5.69. The zero-order valence-electron chi connectivity index (χ0n) is 10.00. The molecule has 0 amide bonds. The normalized spacial score (nSPS) is 12.8. The van der Waals surface area contributed by atoms with Crippen LogP contribution in [0.3, 0.4) is 0 Å². The molecule has 4 nitrogen and oxygen atoms in total. The summed E-state index contributed by atoms with van der Waals surface area (Å²) in [4.78, 5) is 6.31. The molecule has 0 aliphatic carbocycles. The number of hydrogen-bond donors (Lipinski definition) is 2. The summed E-state index contributed by atoms with van der Waals surface area (Å²) in [5, 5.41) is 3.83. The van der Waals surface area contributed by atoms with Crippen LogP contribution in [0, 0.1) is 0 Å². The van der Waals surface area contributed by atoms with Crippen LogP contribution in [0.2, 0.25) is 5.02 Å². The van der Waals surface area contributed by atoms with Crippen molar-refractivity contribution in [2.24, 2.45) is 0 Å². The van der Waals surface area contributed by atoms with Gasteiger partial charge in [-0.3, -0.25) is 0 Å². The van der Waals surface area contributed by atoms with Crippen LogP contribution in [0.15, 0.2) is 12.3 Å². The third kappa shape index (κ3) is 4.24. The van der Waals surface area contributed by atoms with Crippen LogP contribution in [-0.2, 0) is 0 Å². The highest BCUT2D eigenvalue weighted by atomic mass is 35.5. The van der Waals surface area contributed by atoms with Crippen molar-refractivity contribution in [2.75, 3.05) is 31.7 Å². The van der Waals surface area contributed by atoms with E-state index in [1.807, 2.05) is 0 Å². The van der Waals surface area contributed by atoms with Gasteiger partial charge in [0.05, 0.1) is 16.9 Å². The Morgan fingerprint density at radius 2 is 2.25 bits per heavy atom. The predicted molar refractivity (Wildman–Crippen MR) is 69.9 cm³/mol. The minimum absolute atomic E-state index is 0.330. The Morgan fingerprint density at radius 3 is 2.81 bits per heavy atom. The summed E-state index contributed by atoms with van der Waals surface area (Å²) in [5.41, 5.74) is 6.16. The quantitative estimate of drug-likeness (QED) is 0.830. The van der Waals surface area contributed by atoms with E-state index in [0.29, 0.717) is 22.6 Å². The van der Waals surface area contributed by atoms with Gasteiger partial charge in [0.1, 0.15) is 5.82 Å². The first-order valence-electron chi connectivity index (χ1n) is 5.31. The minimum atomic E-state index is 0.330. The van der Waals surface area contributed by atoms with E-state index in [2.05, 4.69) is 36.2 Å². The molecule has 5 heteroatoms. The molecule has 0 aromatic carbocycles. The maximum absolute atomic E-state index is 6.02. The SMILES string of the molecule is CC(CCN(C)C)Nc1ncc(N)cc1Cl. The maximum Gasteiger partial charge on any atom is 0.145 e. The Bertz CT molecular complexity index is 341. The second kappa shape index (κ2) is 5.92. The Kier molecular flexibility index (Phi) is 4.83. The van der Waals surface area contributed by atoms with Crippen molar-refractivity contribution in [3.8, 4) is 0 Å². The summed E-state index contributed by atoms with van der Waals surface area (Å²) in [6, 6.07) is 2.03. The molecule has 0 radical (unpaired) electrons. The fourth-order valence-corrected chi connectivity index (χ4v) is 1.55. The van der Waals surface area contributed by atoms with E-state index in [-0.39, 0.29) is 0 Å². The molecule has 0 spiro atoms. The van der Waals surface area contributed by atoms with E-state index in [1.165, 1.54) is 0 Å². The zero-order valence-corrected chi connectivity index (χ0v) is 10.8. The van der Waals surface area contributed by atoms with Crippen LogP contribution in [0.4, 0.5) is 11.5 Å². The number of anilines is 2. The lowest BCUT2D eigenvalue weighted by Crippen LogP contribution is -2.23. The summed E-state index contributed by atoms with van der Waals surface area (Å²) in [7, 11) is 4.11. The maximum atomic E-state index is 6.02. The van der Waals surface area contributed by atoms with Crippen molar-refractivity contribution in [3.63, 3.8) is 0 Å². The molecule has 0 bridgehead atoms. The summed E-state index contributed by atoms with van der Waals surface area (Å²) >= 11 is 6.02. The van der Waals surface area contributed by atoms with Crippen molar-refractivity contribution in [2.45, 2.75) is 19.4 Å². The average Bonchev–Trinajstić information content (AvgIpc) is 2.19. The molecular weight excluding hydrogens is 224 g/mol. The lowest BCUT2D eigenvalue weighted by Gasteiger charge is -2.17. The number of nitrogens with two attached hydrogens (primary N) is 1. The van der Waals surface area contributed by atoms with Crippen LogP contribution in [0.5, 0.6) is 0 Å². The summed E-state index contributed by atoms with van der Waals surface area (Å²) in [6.07, 6.45) is 2.64. The number of nitrogen functional groups attached to an aromatic ring is 1.